The van der Waals surface area contributed by atoms with Crippen LogP contribution in [0, 0.1) is 5.82 Å². The number of carbonyl (C=O) groups is 1. The molecule has 1 aromatic heterocycles. The van der Waals surface area contributed by atoms with Crippen molar-refractivity contribution in [2.45, 2.75) is 24.3 Å². The van der Waals surface area contributed by atoms with Crippen LogP contribution in [-0.4, -0.2) is 19.3 Å². The Kier molecular flexibility index (Phi) is 6.37. The minimum Gasteiger partial charge on any atom is -0.345 e. The van der Waals surface area contributed by atoms with E-state index in [0.29, 0.717) is 11.8 Å². The van der Waals surface area contributed by atoms with Crippen molar-refractivity contribution >= 4 is 32.5 Å². The lowest BCUT2D eigenvalue weighted by atomic mass is 10.0. The van der Waals surface area contributed by atoms with Crippen LogP contribution in [0.25, 0.3) is 10.9 Å². The van der Waals surface area contributed by atoms with E-state index in [1.807, 2.05) is 37.3 Å². The van der Waals surface area contributed by atoms with E-state index in [9.17, 15) is 17.6 Å². The number of hydrogen-bond donors (Lipinski definition) is 2. The van der Waals surface area contributed by atoms with Gasteiger partial charge in [-0.05, 0) is 42.3 Å². The molecular formula is C25H24FN3O3S. The van der Waals surface area contributed by atoms with Crippen LogP contribution < -0.4 is 10.0 Å². The predicted octanol–water partition coefficient (Wildman–Crippen LogP) is 5.30. The summed E-state index contributed by atoms with van der Waals surface area (Å²) in [5.74, 6) is -1.19. The van der Waals surface area contributed by atoms with Gasteiger partial charge in [0.15, 0.2) is 0 Å². The Bertz CT molecular complexity index is 1410. The molecule has 6 nitrogen and oxygen atoms in total. The van der Waals surface area contributed by atoms with E-state index in [1.54, 1.807) is 24.3 Å². The van der Waals surface area contributed by atoms with Crippen LogP contribution in [0.3, 0.4) is 0 Å². The van der Waals surface area contributed by atoms with Crippen LogP contribution in [0.15, 0.2) is 90.0 Å². The van der Waals surface area contributed by atoms with Crippen LogP contribution in [0.4, 0.5) is 10.1 Å². The topological polar surface area (TPSA) is 88.2 Å². The first kappa shape index (κ1) is 22.4. The van der Waals surface area contributed by atoms with Gasteiger partial charge < -0.3 is 5.32 Å². The van der Waals surface area contributed by atoms with E-state index in [1.165, 1.54) is 18.3 Å². The van der Waals surface area contributed by atoms with Gasteiger partial charge in [-0.25, -0.2) is 12.8 Å². The van der Waals surface area contributed by atoms with Crippen LogP contribution in [0.1, 0.15) is 36.7 Å². The third-order valence-corrected chi connectivity index (χ3v) is 6.67. The van der Waals surface area contributed by atoms with Crippen LogP contribution in [0.2, 0.25) is 0 Å². The zero-order valence-corrected chi connectivity index (χ0v) is 18.6. The number of nitrogens with one attached hydrogen (secondary N) is 2. The van der Waals surface area contributed by atoms with E-state index < -0.39 is 21.7 Å². The molecule has 0 fully saturated rings. The van der Waals surface area contributed by atoms with Gasteiger partial charge in [0.25, 0.3) is 15.9 Å². The third kappa shape index (κ3) is 4.85. The molecule has 33 heavy (non-hydrogen) atoms. The zero-order chi connectivity index (χ0) is 23.4. The van der Waals surface area contributed by atoms with Gasteiger partial charge in [-0.15, -0.1) is 0 Å². The van der Waals surface area contributed by atoms with E-state index in [4.69, 9.17) is 0 Å². The van der Waals surface area contributed by atoms with Crippen LogP contribution >= 0.6 is 0 Å². The number of carbonyl (C=O) groups excluding carboxylic acids is 1. The molecule has 3 aromatic carbocycles. The van der Waals surface area contributed by atoms with Crippen molar-refractivity contribution < 1.29 is 19.0 Å². The maximum atomic E-state index is 14.1. The summed E-state index contributed by atoms with van der Waals surface area (Å²) in [5.41, 5.74) is 1.07. The molecule has 8 heteroatoms. The van der Waals surface area contributed by atoms with E-state index >= 15 is 0 Å². The van der Waals surface area contributed by atoms with Crippen molar-refractivity contribution in [2.75, 3.05) is 4.72 Å². The Labute approximate surface area is 193 Å². The van der Waals surface area contributed by atoms with Crippen molar-refractivity contribution in [1.29, 1.82) is 0 Å². The van der Waals surface area contributed by atoms with Gasteiger partial charge in [-0.2, -0.15) is 0 Å². The van der Waals surface area contributed by atoms with Crippen LogP contribution in [0.5, 0.6) is 0 Å². The largest absolute Gasteiger partial charge is 0.345 e. The number of rotatable bonds is 7. The van der Waals surface area contributed by atoms with Crippen molar-refractivity contribution in [2.24, 2.45) is 0 Å². The highest BCUT2D eigenvalue weighted by atomic mass is 32.2. The molecule has 170 valence electrons. The summed E-state index contributed by atoms with van der Waals surface area (Å²) in [4.78, 5) is 17.2. The van der Waals surface area contributed by atoms with Gasteiger partial charge in [0.1, 0.15) is 10.7 Å². The highest BCUT2D eigenvalue weighted by Gasteiger charge is 2.23. The monoisotopic (exact) mass is 465 g/mol. The highest BCUT2D eigenvalue weighted by Crippen LogP contribution is 2.26. The second-order valence-corrected chi connectivity index (χ2v) is 9.12. The molecule has 1 heterocycles. The number of amides is 1. The number of fused-ring (bicyclic) bond motifs is 1. The molecule has 0 saturated carbocycles. The number of halogens is 1. The number of para-hydroxylation sites is 1. The number of aromatic nitrogens is 1. The maximum Gasteiger partial charge on any atom is 0.264 e. The molecule has 0 aliphatic rings. The molecule has 1 atom stereocenters. The molecule has 0 radical (unpaired) electrons. The maximum absolute atomic E-state index is 14.1. The fourth-order valence-electron chi connectivity index (χ4n) is 3.63. The molecule has 0 bridgehead atoms. The third-order valence-electron chi connectivity index (χ3n) is 5.27. The second kappa shape index (κ2) is 9.38. The Morgan fingerprint density at radius 2 is 1.79 bits per heavy atom. The van der Waals surface area contributed by atoms with E-state index in [2.05, 4.69) is 15.0 Å². The Morgan fingerprint density at radius 3 is 2.55 bits per heavy atom. The molecule has 2 N–H and O–H groups in total. The van der Waals surface area contributed by atoms with Crippen molar-refractivity contribution in [3.63, 3.8) is 0 Å². The van der Waals surface area contributed by atoms with Crippen LogP contribution in [-0.2, 0) is 10.0 Å². The van der Waals surface area contributed by atoms with Gasteiger partial charge in [-0.3, -0.25) is 14.5 Å². The van der Waals surface area contributed by atoms with Gasteiger partial charge >= 0.3 is 0 Å². The molecular weight excluding hydrogens is 441 g/mol. The Hall–Kier alpha value is -3.78. The molecule has 0 spiro atoms. The minimum absolute atomic E-state index is 0. The first-order chi connectivity index (χ1) is 15.9. The number of anilines is 1. The number of pyridine rings is 1. The van der Waals surface area contributed by atoms with Crippen molar-refractivity contribution in [1.82, 2.24) is 10.3 Å². The lowest BCUT2D eigenvalue weighted by Crippen LogP contribution is -2.29. The molecule has 0 aliphatic heterocycles. The lowest BCUT2D eigenvalue weighted by molar-refractivity contribution is 0.0936. The number of sulfonamides is 1. The normalized spacial score (nSPS) is 12.3. The first-order valence-corrected chi connectivity index (χ1v) is 11.9. The minimum atomic E-state index is -4.16. The molecule has 0 saturated heterocycles. The average molecular weight is 466 g/mol. The number of benzene rings is 3. The first-order valence-electron chi connectivity index (χ1n) is 10.4. The summed E-state index contributed by atoms with van der Waals surface area (Å²) in [6.45, 7) is 1.93. The number of nitrogens with zero attached hydrogens (tertiary/aromatic N) is 1. The molecule has 0 aliphatic carbocycles. The molecule has 1 amide bonds. The van der Waals surface area contributed by atoms with Crippen molar-refractivity contribution in [3.8, 4) is 0 Å². The fraction of sp³-hybridized carbons (Fsp3) is 0.120. The molecule has 4 rings (SSSR count). The lowest BCUT2D eigenvalue weighted by Gasteiger charge is -2.19. The smallest absolute Gasteiger partial charge is 0.264 e. The van der Waals surface area contributed by atoms with Gasteiger partial charge in [0.05, 0.1) is 22.8 Å². The van der Waals surface area contributed by atoms with E-state index in [0.717, 1.165) is 17.7 Å². The fourth-order valence-corrected chi connectivity index (χ4v) is 4.89. The van der Waals surface area contributed by atoms with Gasteiger partial charge in [-0.1, -0.05) is 55.5 Å². The summed E-state index contributed by atoms with van der Waals surface area (Å²) < 4.78 is 42.8. The van der Waals surface area contributed by atoms with Gasteiger partial charge in [0, 0.05) is 13.0 Å². The predicted molar refractivity (Wildman–Crippen MR) is 128 cm³/mol. The standard InChI is InChI=1S/C25H22FN3O3S.H2/c1-2-21(17-8-4-3-5-9-17)28-25(30)20-14-13-19(26)16-22(20)29-33(31,32)23-12-6-10-18-11-7-15-27-24(18)23;/h3-16,21,29H,2H2,1H3,(H,28,30);1H/t21-;/m0./s1. The van der Waals surface area contributed by atoms with Crippen molar-refractivity contribution in [3.05, 3.63) is 102 Å². The summed E-state index contributed by atoms with van der Waals surface area (Å²) in [6.07, 6.45) is 2.12. The quantitative estimate of drug-likeness (QED) is 0.388. The Morgan fingerprint density at radius 1 is 1.03 bits per heavy atom. The number of hydrogen-bond acceptors (Lipinski definition) is 4. The summed E-state index contributed by atoms with van der Waals surface area (Å²) in [5, 5.41) is 3.55. The zero-order valence-electron chi connectivity index (χ0n) is 17.8. The summed E-state index contributed by atoms with van der Waals surface area (Å²) in [6, 6.07) is 20.7. The average Bonchev–Trinajstić information content (AvgIpc) is 2.82. The summed E-state index contributed by atoms with van der Waals surface area (Å²) in [7, 11) is -4.16. The highest BCUT2D eigenvalue weighted by molar-refractivity contribution is 7.93. The summed E-state index contributed by atoms with van der Waals surface area (Å²) >= 11 is 0. The second-order valence-electron chi connectivity index (χ2n) is 7.47. The van der Waals surface area contributed by atoms with Gasteiger partial charge in [0.2, 0.25) is 0 Å². The molecule has 0 unspecified atom stereocenters. The Balaban J connectivity index is 0.00000324. The van der Waals surface area contributed by atoms with E-state index in [-0.39, 0.29) is 29.1 Å². The molecule has 4 aromatic rings. The SMILES string of the molecule is CC[C@H](NC(=O)c1ccc(F)cc1NS(=O)(=O)c1cccc2cccnc12)c1ccccc1.[HH].